The van der Waals surface area contributed by atoms with E-state index in [-0.39, 0.29) is 16.6 Å². The molecule has 9 heteroatoms. The van der Waals surface area contributed by atoms with Crippen molar-refractivity contribution in [1.82, 2.24) is 9.21 Å². The van der Waals surface area contributed by atoms with Crippen LogP contribution in [0.2, 0.25) is 0 Å². The van der Waals surface area contributed by atoms with E-state index in [0.717, 1.165) is 18.4 Å². The Hall–Kier alpha value is -2.78. The molecule has 1 aliphatic rings. The normalized spacial score (nSPS) is 14.2. The maximum atomic E-state index is 13.3. The molecule has 0 spiro atoms. The van der Waals surface area contributed by atoms with Crippen LogP contribution in [0.5, 0.6) is 17.2 Å². The smallest absolute Gasteiger partial charge is 0.254 e. The molecular formula is C24H32N2O6S. The summed E-state index contributed by atoms with van der Waals surface area (Å²) in [5, 5.41) is 0. The number of hydrogen-bond donors (Lipinski definition) is 0. The summed E-state index contributed by atoms with van der Waals surface area (Å²) >= 11 is 0. The molecule has 0 bridgehead atoms. The number of amides is 1. The van der Waals surface area contributed by atoms with E-state index in [9.17, 15) is 13.2 Å². The number of carbonyl (C=O) groups excluding carboxylic acids is 1. The maximum Gasteiger partial charge on any atom is 0.254 e. The lowest BCUT2D eigenvalue weighted by Crippen LogP contribution is -2.31. The van der Waals surface area contributed by atoms with E-state index in [2.05, 4.69) is 0 Å². The topological polar surface area (TPSA) is 85.4 Å². The number of methoxy groups -OCH3 is 2. The van der Waals surface area contributed by atoms with Crippen LogP contribution in [-0.4, -0.2) is 64.0 Å². The molecule has 0 unspecified atom stereocenters. The van der Waals surface area contributed by atoms with Gasteiger partial charge in [-0.2, -0.15) is 4.31 Å². The highest BCUT2D eigenvalue weighted by Gasteiger charge is 2.31. The van der Waals surface area contributed by atoms with Gasteiger partial charge in [0.2, 0.25) is 10.0 Å². The van der Waals surface area contributed by atoms with Crippen LogP contribution >= 0.6 is 0 Å². The number of carbonyl (C=O) groups is 1. The monoisotopic (exact) mass is 476 g/mol. The van der Waals surface area contributed by atoms with Crippen LogP contribution in [0.15, 0.2) is 41.3 Å². The molecule has 0 saturated carbocycles. The van der Waals surface area contributed by atoms with E-state index < -0.39 is 10.0 Å². The van der Waals surface area contributed by atoms with Gasteiger partial charge in [-0.05, 0) is 62.6 Å². The van der Waals surface area contributed by atoms with Crippen LogP contribution in [0.25, 0.3) is 0 Å². The second kappa shape index (κ2) is 10.9. The predicted octanol–water partition coefficient (Wildman–Crippen LogP) is 3.55. The van der Waals surface area contributed by atoms with E-state index in [1.165, 1.54) is 17.5 Å². The van der Waals surface area contributed by atoms with Crippen molar-refractivity contribution in [2.24, 2.45) is 0 Å². The van der Waals surface area contributed by atoms with Crippen molar-refractivity contribution < 1.29 is 27.4 Å². The van der Waals surface area contributed by atoms with Crippen LogP contribution < -0.4 is 14.2 Å². The average molecular weight is 477 g/mol. The number of ether oxygens (including phenoxy) is 3. The number of benzene rings is 2. The maximum absolute atomic E-state index is 13.3. The lowest BCUT2D eigenvalue weighted by molar-refractivity contribution is 0.0752. The van der Waals surface area contributed by atoms with Crippen molar-refractivity contribution in [3.8, 4) is 17.2 Å². The highest BCUT2D eigenvalue weighted by Crippen LogP contribution is 2.31. The predicted molar refractivity (Wildman–Crippen MR) is 126 cm³/mol. The lowest BCUT2D eigenvalue weighted by atomic mass is 10.1. The van der Waals surface area contributed by atoms with Gasteiger partial charge in [0.05, 0.1) is 20.8 Å². The molecule has 1 saturated heterocycles. The zero-order valence-corrected chi connectivity index (χ0v) is 20.5. The summed E-state index contributed by atoms with van der Waals surface area (Å²) in [6.45, 7) is 6.06. The Morgan fingerprint density at radius 3 is 2.24 bits per heavy atom. The van der Waals surface area contributed by atoms with Gasteiger partial charge in [-0.1, -0.05) is 6.07 Å². The van der Waals surface area contributed by atoms with Gasteiger partial charge in [0, 0.05) is 31.7 Å². The molecule has 0 N–H and O–H groups in total. The number of nitrogens with zero attached hydrogens (tertiary/aromatic N) is 2. The molecule has 0 aromatic heterocycles. The van der Waals surface area contributed by atoms with Crippen LogP contribution in [0.4, 0.5) is 0 Å². The Kier molecular flexibility index (Phi) is 8.20. The molecule has 180 valence electrons. The summed E-state index contributed by atoms with van der Waals surface area (Å²) in [7, 11) is -0.739. The fraction of sp³-hybridized carbons (Fsp3) is 0.458. The van der Waals surface area contributed by atoms with E-state index in [1.807, 2.05) is 32.0 Å². The quantitative estimate of drug-likeness (QED) is 0.521. The zero-order valence-electron chi connectivity index (χ0n) is 19.7. The van der Waals surface area contributed by atoms with Crippen molar-refractivity contribution in [2.45, 2.75) is 38.1 Å². The zero-order chi connectivity index (χ0) is 24.0. The summed E-state index contributed by atoms with van der Waals surface area (Å²) in [4.78, 5) is 15.0. The minimum absolute atomic E-state index is 0.0246. The molecule has 0 atom stereocenters. The number of hydrogen-bond acceptors (Lipinski definition) is 6. The molecule has 0 radical (unpaired) electrons. The van der Waals surface area contributed by atoms with Crippen molar-refractivity contribution in [1.29, 1.82) is 0 Å². The van der Waals surface area contributed by atoms with E-state index in [4.69, 9.17) is 14.2 Å². The Labute approximate surface area is 196 Å². The van der Waals surface area contributed by atoms with Crippen LogP contribution in [0.3, 0.4) is 0 Å². The van der Waals surface area contributed by atoms with Gasteiger partial charge < -0.3 is 19.1 Å². The van der Waals surface area contributed by atoms with Gasteiger partial charge in [-0.25, -0.2) is 8.42 Å². The van der Waals surface area contributed by atoms with Crippen LogP contribution in [0, 0.1) is 0 Å². The lowest BCUT2D eigenvalue weighted by Gasteiger charge is -2.23. The first-order chi connectivity index (χ1) is 15.8. The Morgan fingerprint density at radius 2 is 1.64 bits per heavy atom. The molecule has 2 aromatic rings. The largest absolute Gasteiger partial charge is 0.495 e. The van der Waals surface area contributed by atoms with Crippen molar-refractivity contribution in [2.75, 3.05) is 40.5 Å². The van der Waals surface area contributed by atoms with E-state index in [0.29, 0.717) is 49.8 Å². The van der Waals surface area contributed by atoms with Crippen molar-refractivity contribution in [3.63, 3.8) is 0 Å². The summed E-state index contributed by atoms with van der Waals surface area (Å²) in [6.07, 6.45) is 1.66. The highest BCUT2D eigenvalue weighted by atomic mass is 32.2. The van der Waals surface area contributed by atoms with Crippen molar-refractivity contribution >= 4 is 15.9 Å². The average Bonchev–Trinajstić information content (AvgIpc) is 3.38. The van der Waals surface area contributed by atoms with Gasteiger partial charge in [0.25, 0.3) is 5.91 Å². The molecule has 2 aromatic carbocycles. The molecule has 1 amide bonds. The Bertz CT molecular complexity index is 1080. The molecule has 1 fully saturated rings. The minimum Gasteiger partial charge on any atom is -0.495 e. The fourth-order valence-corrected chi connectivity index (χ4v) is 5.59. The van der Waals surface area contributed by atoms with Crippen LogP contribution in [0.1, 0.15) is 42.6 Å². The number of rotatable bonds is 10. The molecule has 0 aliphatic carbocycles. The summed E-state index contributed by atoms with van der Waals surface area (Å²) in [5.74, 6) is 1.22. The molecule has 1 aliphatic heterocycles. The first kappa shape index (κ1) is 24.9. The molecule has 1 heterocycles. The minimum atomic E-state index is -3.74. The van der Waals surface area contributed by atoms with Crippen LogP contribution in [-0.2, 0) is 16.6 Å². The van der Waals surface area contributed by atoms with Gasteiger partial charge in [-0.15, -0.1) is 0 Å². The van der Waals surface area contributed by atoms with E-state index in [1.54, 1.807) is 24.1 Å². The Morgan fingerprint density at radius 1 is 0.970 bits per heavy atom. The fourth-order valence-electron chi connectivity index (χ4n) is 3.89. The highest BCUT2D eigenvalue weighted by molar-refractivity contribution is 7.89. The summed E-state index contributed by atoms with van der Waals surface area (Å²) in [6, 6.07) is 10.1. The second-order valence-corrected chi connectivity index (χ2v) is 9.62. The third-order valence-electron chi connectivity index (χ3n) is 5.66. The summed E-state index contributed by atoms with van der Waals surface area (Å²) < 4.78 is 44.1. The molecular weight excluding hydrogens is 444 g/mol. The van der Waals surface area contributed by atoms with Gasteiger partial charge in [0.15, 0.2) is 11.5 Å². The van der Waals surface area contributed by atoms with E-state index >= 15 is 0 Å². The molecule has 33 heavy (non-hydrogen) atoms. The Balaban J connectivity index is 1.88. The van der Waals surface area contributed by atoms with Gasteiger partial charge >= 0.3 is 0 Å². The van der Waals surface area contributed by atoms with Gasteiger partial charge in [-0.3, -0.25) is 4.79 Å². The third kappa shape index (κ3) is 5.42. The SMILES string of the molecule is CCOc1ccc(CN(CC)C(=O)c2ccc(OC)c(S(=O)(=O)N3CCCC3)c2)cc1OC. The van der Waals surface area contributed by atoms with Crippen molar-refractivity contribution in [3.05, 3.63) is 47.5 Å². The second-order valence-electron chi connectivity index (χ2n) is 7.71. The standard InChI is InChI=1S/C24H32N2O6S/c1-5-25(17-18-9-11-20(32-6-2)22(15-18)31-4)24(27)19-10-12-21(30-3)23(16-19)33(28,29)26-13-7-8-14-26/h9-12,15-16H,5-8,13-14,17H2,1-4H3. The first-order valence-electron chi connectivity index (χ1n) is 11.1. The third-order valence-corrected chi connectivity index (χ3v) is 7.58. The molecule has 3 rings (SSSR count). The number of sulfonamides is 1. The molecule has 8 nitrogen and oxygen atoms in total. The first-order valence-corrected chi connectivity index (χ1v) is 12.6. The summed E-state index contributed by atoms with van der Waals surface area (Å²) in [5.41, 5.74) is 1.18. The van der Waals surface area contributed by atoms with Gasteiger partial charge in [0.1, 0.15) is 10.6 Å².